The van der Waals surface area contributed by atoms with E-state index in [-0.39, 0.29) is 0 Å². The molecule has 0 spiro atoms. The molecule has 1 unspecified atom stereocenters. The summed E-state index contributed by atoms with van der Waals surface area (Å²) in [7, 11) is -2.44. The number of furan rings is 1. The van der Waals surface area contributed by atoms with Crippen LogP contribution in [0.1, 0.15) is 6.42 Å². The van der Waals surface area contributed by atoms with E-state index < -0.39 is 8.07 Å². The largest absolute Gasteiger partial charge is 0.455 e. The Morgan fingerprint density at radius 3 is 1.88 bits per heavy atom. The first-order chi connectivity index (χ1) is 25.8. The second kappa shape index (κ2) is 12.4. The van der Waals surface area contributed by atoms with Crippen LogP contribution in [-0.4, -0.2) is 18.0 Å². The molecule has 0 saturated heterocycles. The predicted octanol–water partition coefficient (Wildman–Crippen LogP) is 10.4. The van der Waals surface area contributed by atoms with Gasteiger partial charge in [0.25, 0.3) is 0 Å². The highest BCUT2D eigenvalue weighted by Gasteiger charge is 2.45. The minimum atomic E-state index is -2.44. The summed E-state index contributed by atoms with van der Waals surface area (Å²) in [5.74, 6) is 0. The lowest BCUT2D eigenvalue weighted by atomic mass is 9.97. The van der Waals surface area contributed by atoms with Crippen LogP contribution in [0, 0.1) is 0 Å². The third-order valence-corrected chi connectivity index (χ3v) is 16.2. The average molecular weight is 683 g/mol. The zero-order chi connectivity index (χ0) is 34.5. The van der Waals surface area contributed by atoms with Crippen molar-refractivity contribution in [2.24, 2.45) is 0 Å². The smallest absolute Gasteiger partial charge is 0.155 e. The van der Waals surface area contributed by atoms with Crippen molar-refractivity contribution >= 4 is 67.2 Å². The van der Waals surface area contributed by atoms with Gasteiger partial charge in [-0.1, -0.05) is 158 Å². The summed E-state index contributed by atoms with van der Waals surface area (Å²) in [5, 5.41) is 9.71. The van der Waals surface area contributed by atoms with Crippen LogP contribution in [0.2, 0.25) is 5.54 Å². The van der Waals surface area contributed by atoms with Crippen molar-refractivity contribution in [2.45, 2.75) is 12.0 Å². The summed E-state index contributed by atoms with van der Waals surface area (Å²) in [5.41, 5.74) is 7.40. The van der Waals surface area contributed by atoms with Crippen LogP contribution in [0.5, 0.6) is 0 Å². The van der Waals surface area contributed by atoms with E-state index in [2.05, 4.69) is 163 Å². The molecule has 3 heterocycles. The topological polar surface area (TPSA) is 38.9 Å². The van der Waals surface area contributed by atoms with Crippen molar-refractivity contribution in [1.29, 1.82) is 0 Å². The van der Waals surface area contributed by atoms with E-state index in [0.717, 1.165) is 61.3 Å². The number of allylic oxidation sites excluding steroid dienone is 4. The van der Waals surface area contributed by atoms with Crippen LogP contribution in [0.25, 0.3) is 66.0 Å². The molecule has 3 nitrogen and oxygen atoms in total. The molecule has 52 heavy (non-hydrogen) atoms. The maximum absolute atomic E-state index is 6.52. The van der Waals surface area contributed by atoms with Gasteiger partial charge in [-0.05, 0) is 56.8 Å². The Morgan fingerprint density at radius 1 is 0.538 bits per heavy atom. The standard InChI is InChI=1S/C48H34N2OSi/c1-4-12-36(13-5-1)52(37-14-6-2-7-15-37,38-16-8-3-9-17-38)39-26-24-34(25-27-39)33-20-22-35(23-21-33)47-43-29-28-41-40-18-10-11-19-45(40)51-48(41)46(43)42-30-31-49-32-44(42)50-47/h1-16,18-32,38H,17H2. The molecule has 3 aromatic heterocycles. The van der Waals surface area contributed by atoms with Crippen molar-refractivity contribution in [3.8, 4) is 22.4 Å². The third-order valence-electron chi connectivity index (χ3n) is 10.9. The van der Waals surface area contributed by atoms with Crippen LogP contribution in [0.15, 0.2) is 193 Å². The zero-order valence-electron chi connectivity index (χ0n) is 28.5. The van der Waals surface area contributed by atoms with Crippen molar-refractivity contribution in [2.75, 3.05) is 0 Å². The van der Waals surface area contributed by atoms with E-state index >= 15 is 0 Å². The van der Waals surface area contributed by atoms with Gasteiger partial charge in [-0.3, -0.25) is 4.98 Å². The van der Waals surface area contributed by atoms with E-state index in [1.165, 1.54) is 26.7 Å². The van der Waals surface area contributed by atoms with E-state index in [0.29, 0.717) is 5.54 Å². The van der Waals surface area contributed by atoms with E-state index in [1.807, 2.05) is 30.6 Å². The van der Waals surface area contributed by atoms with Gasteiger partial charge in [-0.2, -0.15) is 0 Å². The number of benzene rings is 6. The van der Waals surface area contributed by atoms with Crippen molar-refractivity contribution in [3.05, 3.63) is 188 Å². The van der Waals surface area contributed by atoms with Crippen molar-refractivity contribution in [3.63, 3.8) is 0 Å². The summed E-state index contributed by atoms with van der Waals surface area (Å²) in [6.45, 7) is 0. The average Bonchev–Trinajstić information content (AvgIpc) is 3.61. The molecule has 1 atom stereocenters. The first-order valence-corrected chi connectivity index (χ1v) is 20.0. The molecule has 0 saturated carbocycles. The molecule has 1 aliphatic carbocycles. The van der Waals surface area contributed by atoms with Crippen LogP contribution in [-0.2, 0) is 0 Å². The number of hydrogen-bond donors (Lipinski definition) is 0. The fourth-order valence-corrected chi connectivity index (χ4v) is 13.8. The monoisotopic (exact) mass is 682 g/mol. The first kappa shape index (κ1) is 30.5. The fraction of sp³-hybridized carbons (Fsp3) is 0.0417. The molecule has 10 rings (SSSR count). The molecule has 246 valence electrons. The molecule has 0 aliphatic heterocycles. The summed E-state index contributed by atoms with van der Waals surface area (Å²) < 4.78 is 6.52. The van der Waals surface area contributed by atoms with Crippen LogP contribution >= 0.6 is 0 Å². The highest BCUT2D eigenvalue weighted by atomic mass is 28.3. The molecule has 0 radical (unpaired) electrons. The molecule has 1 aliphatic rings. The van der Waals surface area contributed by atoms with Gasteiger partial charge in [0.1, 0.15) is 11.2 Å². The van der Waals surface area contributed by atoms with Crippen LogP contribution in [0.3, 0.4) is 0 Å². The number of aromatic nitrogens is 2. The molecule has 6 aromatic carbocycles. The first-order valence-electron chi connectivity index (χ1n) is 17.9. The third kappa shape index (κ3) is 4.79. The van der Waals surface area contributed by atoms with E-state index in [9.17, 15) is 0 Å². The molecule has 0 amide bonds. The van der Waals surface area contributed by atoms with Crippen molar-refractivity contribution < 1.29 is 4.42 Å². The van der Waals surface area contributed by atoms with Crippen molar-refractivity contribution in [1.82, 2.24) is 9.97 Å². The van der Waals surface area contributed by atoms with Crippen LogP contribution < -0.4 is 15.6 Å². The Morgan fingerprint density at radius 2 is 1.17 bits per heavy atom. The number of rotatable bonds is 6. The van der Waals surface area contributed by atoms with Gasteiger partial charge in [0.15, 0.2) is 8.07 Å². The number of pyridine rings is 2. The Bertz CT molecular complexity index is 2760. The van der Waals surface area contributed by atoms with Gasteiger partial charge in [0.2, 0.25) is 0 Å². The zero-order valence-corrected chi connectivity index (χ0v) is 29.5. The lowest BCUT2D eigenvalue weighted by Crippen LogP contribution is -2.69. The Hall–Kier alpha value is -6.36. The second-order valence-electron chi connectivity index (χ2n) is 13.7. The second-order valence-corrected chi connectivity index (χ2v) is 17.8. The molecule has 9 aromatic rings. The van der Waals surface area contributed by atoms with Gasteiger partial charge in [-0.25, -0.2) is 4.98 Å². The summed E-state index contributed by atoms with van der Waals surface area (Å²) >= 11 is 0. The summed E-state index contributed by atoms with van der Waals surface area (Å²) in [6.07, 6.45) is 13.9. The number of nitrogens with zero attached hydrogens (tertiary/aromatic N) is 2. The van der Waals surface area contributed by atoms with Gasteiger partial charge in [-0.15, -0.1) is 0 Å². The van der Waals surface area contributed by atoms with Gasteiger partial charge < -0.3 is 4.42 Å². The molecule has 0 bridgehead atoms. The molecule has 0 N–H and O–H groups in total. The van der Waals surface area contributed by atoms with E-state index in [4.69, 9.17) is 9.40 Å². The molecule has 0 fully saturated rings. The van der Waals surface area contributed by atoms with E-state index in [1.54, 1.807) is 0 Å². The highest BCUT2D eigenvalue weighted by molar-refractivity contribution is 7.12. The summed E-state index contributed by atoms with van der Waals surface area (Å²) in [4.78, 5) is 9.59. The summed E-state index contributed by atoms with van der Waals surface area (Å²) in [6, 6.07) is 55.3. The minimum Gasteiger partial charge on any atom is -0.455 e. The SMILES string of the molecule is C1=CCC([Si](c2ccccc2)(c2ccccc2)c2ccc(-c3ccc(-c4nc5cnccc5c5c4ccc4c6ccccc6oc45)cc3)cc2)C=C1. The van der Waals surface area contributed by atoms with Gasteiger partial charge in [0, 0.05) is 38.7 Å². The molecular formula is C48H34N2OSi. The number of para-hydroxylation sites is 1. The Balaban J connectivity index is 1.07. The molecular weight excluding hydrogens is 649 g/mol. The lowest BCUT2D eigenvalue weighted by Gasteiger charge is -2.40. The van der Waals surface area contributed by atoms with Gasteiger partial charge >= 0.3 is 0 Å². The maximum Gasteiger partial charge on any atom is 0.155 e. The maximum atomic E-state index is 6.52. The molecule has 4 heteroatoms. The lowest BCUT2D eigenvalue weighted by molar-refractivity contribution is 0.673. The fourth-order valence-electron chi connectivity index (χ4n) is 8.53. The predicted molar refractivity (Wildman–Crippen MR) is 219 cm³/mol. The quantitative estimate of drug-likeness (QED) is 0.0996. The normalized spacial score (nSPS) is 14.5. The van der Waals surface area contributed by atoms with Gasteiger partial charge in [0.05, 0.1) is 17.4 Å². The minimum absolute atomic E-state index is 0.410. The number of fused-ring (bicyclic) bond motifs is 7. The number of hydrogen-bond acceptors (Lipinski definition) is 3. The van der Waals surface area contributed by atoms with Crippen LogP contribution in [0.4, 0.5) is 0 Å². The highest BCUT2D eigenvalue weighted by Crippen LogP contribution is 2.40. The Kier molecular flexibility index (Phi) is 7.29. The Labute approximate surface area is 303 Å².